The molecule has 1 aromatic rings. The minimum atomic E-state index is -0.358. The van der Waals surface area contributed by atoms with Gasteiger partial charge in [0.05, 0.1) is 6.10 Å². The normalized spacial score (nSPS) is 22.4. The highest BCUT2D eigenvalue weighted by molar-refractivity contribution is 9.10. The van der Waals surface area contributed by atoms with Crippen molar-refractivity contribution in [2.75, 3.05) is 6.54 Å². The average molecular weight is 356 g/mol. The molecule has 0 atom stereocenters. The molecule has 1 aliphatic rings. The molecule has 1 fully saturated rings. The van der Waals surface area contributed by atoms with E-state index in [9.17, 15) is 14.3 Å². The van der Waals surface area contributed by atoms with Crippen LogP contribution in [0.5, 0.6) is 0 Å². The van der Waals surface area contributed by atoms with Crippen LogP contribution in [0.4, 0.5) is 4.39 Å². The van der Waals surface area contributed by atoms with Gasteiger partial charge < -0.3 is 10.4 Å². The maximum Gasteiger partial charge on any atom is 0.244 e. The summed E-state index contributed by atoms with van der Waals surface area (Å²) in [5, 5.41) is 12.3. The van der Waals surface area contributed by atoms with Gasteiger partial charge in [0.25, 0.3) is 0 Å². The largest absolute Gasteiger partial charge is 0.393 e. The van der Waals surface area contributed by atoms with Crippen LogP contribution in [-0.2, 0) is 4.79 Å². The van der Waals surface area contributed by atoms with Crippen molar-refractivity contribution in [2.45, 2.75) is 31.8 Å². The second-order valence-electron chi connectivity index (χ2n) is 5.42. The van der Waals surface area contributed by atoms with Crippen molar-refractivity contribution in [2.24, 2.45) is 5.92 Å². The molecule has 3 nitrogen and oxygen atoms in total. The van der Waals surface area contributed by atoms with Gasteiger partial charge >= 0.3 is 0 Å². The Morgan fingerprint density at radius 1 is 1.38 bits per heavy atom. The molecular formula is C16H19BrFNO2. The first-order valence-corrected chi connectivity index (χ1v) is 7.93. The molecule has 114 valence electrons. The van der Waals surface area contributed by atoms with Gasteiger partial charge in [-0.1, -0.05) is 15.9 Å². The number of carbonyl (C=O) groups excluding carboxylic acids is 1. The molecule has 0 aliphatic heterocycles. The van der Waals surface area contributed by atoms with Crippen LogP contribution in [-0.4, -0.2) is 23.7 Å². The first-order valence-electron chi connectivity index (χ1n) is 7.13. The number of nitrogens with one attached hydrogen (secondary N) is 1. The van der Waals surface area contributed by atoms with Crippen molar-refractivity contribution in [3.63, 3.8) is 0 Å². The van der Waals surface area contributed by atoms with Crippen LogP contribution in [0.3, 0.4) is 0 Å². The molecule has 2 rings (SSSR count). The molecule has 0 aromatic heterocycles. The van der Waals surface area contributed by atoms with Crippen molar-refractivity contribution in [1.82, 2.24) is 5.32 Å². The van der Waals surface area contributed by atoms with Gasteiger partial charge in [0, 0.05) is 22.7 Å². The fourth-order valence-corrected chi connectivity index (χ4v) is 2.84. The summed E-state index contributed by atoms with van der Waals surface area (Å²) in [6.45, 7) is 0.608. The van der Waals surface area contributed by atoms with Gasteiger partial charge in [-0.3, -0.25) is 4.79 Å². The number of halogens is 2. The van der Waals surface area contributed by atoms with E-state index in [0.29, 0.717) is 18.0 Å². The highest BCUT2D eigenvalue weighted by atomic mass is 79.9. The Hall–Kier alpha value is -1.20. The molecule has 1 aliphatic carbocycles. The van der Waals surface area contributed by atoms with Crippen LogP contribution in [0.25, 0.3) is 6.08 Å². The number of benzene rings is 1. The molecule has 0 bridgehead atoms. The maximum atomic E-state index is 13.5. The SMILES string of the molecule is O=C(/C=C/c1cc(Br)ccc1F)NCC1CCC(O)CC1. The summed E-state index contributed by atoms with van der Waals surface area (Å²) in [7, 11) is 0. The summed E-state index contributed by atoms with van der Waals surface area (Å²) in [5.41, 5.74) is 0.375. The third-order valence-electron chi connectivity index (χ3n) is 3.75. The highest BCUT2D eigenvalue weighted by Gasteiger charge is 2.19. The lowest BCUT2D eigenvalue weighted by molar-refractivity contribution is -0.116. The molecule has 1 amide bonds. The van der Waals surface area contributed by atoms with Crippen LogP contribution in [0.1, 0.15) is 31.2 Å². The lowest BCUT2D eigenvalue weighted by Crippen LogP contribution is -2.31. The summed E-state index contributed by atoms with van der Waals surface area (Å²) in [6.07, 6.45) is 6.12. The molecule has 1 aromatic carbocycles. The quantitative estimate of drug-likeness (QED) is 0.814. The number of hydrogen-bond acceptors (Lipinski definition) is 2. The molecule has 21 heavy (non-hydrogen) atoms. The van der Waals surface area contributed by atoms with Crippen molar-refractivity contribution in [3.05, 3.63) is 40.1 Å². The van der Waals surface area contributed by atoms with E-state index < -0.39 is 0 Å². The van der Waals surface area contributed by atoms with Gasteiger partial charge in [-0.2, -0.15) is 0 Å². The van der Waals surface area contributed by atoms with Gasteiger partial charge in [0.1, 0.15) is 5.82 Å². The first kappa shape index (κ1) is 16.2. The third kappa shape index (κ3) is 5.25. The average Bonchev–Trinajstić information content (AvgIpc) is 2.47. The molecule has 5 heteroatoms. The van der Waals surface area contributed by atoms with E-state index in [-0.39, 0.29) is 17.8 Å². The number of aliphatic hydroxyl groups excluding tert-OH is 1. The molecule has 0 radical (unpaired) electrons. The minimum absolute atomic E-state index is 0.184. The van der Waals surface area contributed by atoms with Crippen molar-refractivity contribution >= 4 is 27.9 Å². The molecular weight excluding hydrogens is 337 g/mol. The van der Waals surface area contributed by atoms with E-state index >= 15 is 0 Å². The van der Waals surface area contributed by atoms with E-state index in [0.717, 1.165) is 30.2 Å². The Labute approximate surface area is 132 Å². The third-order valence-corrected chi connectivity index (χ3v) is 4.25. The van der Waals surface area contributed by atoms with Gasteiger partial charge in [0.15, 0.2) is 0 Å². The van der Waals surface area contributed by atoms with Gasteiger partial charge in [0.2, 0.25) is 5.91 Å². The Morgan fingerprint density at radius 3 is 2.81 bits per heavy atom. The summed E-state index contributed by atoms with van der Waals surface area (Å²) in [5.74, 6) is -0.155. The van der Waals surface area contributed by atoms with E-state index in [1.165, 1.54) is 18.2 Å². The standard InChI is InChI=1S/C16H19BrFNO2/c17-13-4-7-15(18)12(9-13)3-8-16(21)19-10-11-1-5-14(20)6-2-11/h3-4,7-9,11,14,20H,1-2,5-6,10H2,(H,19,21)/b8-3+. The van der Waals surface area contributed by atoms with E-state index in [1.807, 2.05) is 0 Å². The summed E-state index contributed by atoms with van der Waals surface area (Å²) >= 11 is 3.27. The predicted molar refractivity (Wildman–Crippen MR) is 84.1 cm³/mol. The highest BCUT2D eigenvalue weighted by Crippen LogP contribution is 2.23. The van der Waals surface area contributed by atoms with Crippen LogP contribution in [0, 0.1) is 11.7 Å². The van der Waals surface area contributed by atoms with Crippen LogP contribution < -0.4 is 5.32 Å². The number of carbonyl (C=O) groups is 1. The second-order valence-corrected chi connectivity index (χ2v) is 6.33. The molecule has 1 saturated carbocycles. The van der Waals surface area contributed by atoms with Crippen molar-refractivity contribution < 1.29 is 14.3 Å². The number of hydrogen-bond donors (Lipinski definition) is 2. The second kappa shape index (κ2) is 7.71. The zero-order chi connectivity index (χ0) is 15.2. The summed E-state index contributed by atoms with van der Waals surface area (Å²) in [4.78, 5) is 11.7. The fourth-order valence-electron chi connectivity index (χ4n) is 2.46. The zero-order valence-corrected chi connectivity index (χ0v) is 13.3. The van der Waals surface area contributed by atoms with Gasteiger partial charge in [-0.05, 0) is 55.9 Å². The van der Waals surface area contributed by atoms with E-state index in [4.69, 9.17) is 0 Å². The lowest BCUT2D eigenvalue weighted by Gasteiger charge is -2.25. The summed E-state index contributed by atoms with van der Waals surface area (Å²) < 4.78 is 14.3. The Kier molecular flexibility index (Phi) is 5.94. The molecule has 2 N–H and O–H groups in total. The Bertz CT molecular complexity index is 525. The van der Waals surface area contributed by atoms with Gasteiger partial charge in [-0.25, -0.2) is 4.39 Å². The van der Waals surface area contributed by atoms with Crippen LogP contribution in [0.2, 0.25) is 0 Å². The fraction of sp³-hybridized carbons (Fsp3) is 0.438. The number of aliphatic hydroxyl groups is 1. The predicted octanol–water partition coefficient (Wildman–Crippen LogP) is 3.27. The molecule has 0 spiro atoms. The summed E-state index contributed by atoms with van der Waals surface area (Å²) in [6, 6.07) is 4.60. The van der Waals surface area contributed by atoms with E-state index in [1.54, 1.807) is 12.1 Å². The number of amides is 1. The lowest BCUT2D eigenvalue weighted by atomic mass is 9.87. The smallest absolute Gasteiger partial charge is 0.244 e. The Balaban J connectivity index is 1.81. The molecule has 0 heterocycles. The van der Waals surface area contributed by atoms with Crippen molar-refractivity contribution in [1.29, 1.82) is 0 Å². The zero-order valence-electron chi connectivity index (χ0n) is 11.7. The minimum Gasteiger partial charge on any atom is -0.393 e. The molecule has 0 unspecified atom stereocenters. The topological polar surface area (TPSA) is 49.3 Å². The maximum absolute atomic E-state index is 13.5. The van der Waals surface area contributed by atoms with E-state index in [2.05, 4.69) is 21.2 Å². The first-order chi connectivity index (χ1) is 10.0. The van der Waals surface area contributed by atoms with Gasteiger partial charge in [-0.15, -0.1) is 0 Å². The Morgan fingerprint density at radius 2 is 2.10 bits per heavy atom. The van der Waals surface area contributed by atoms with Crippen molar-refractivity contribution in [3.8, 4) is 0 Å². The molecule has 0 saturated heterocycles. The monoisotopic (exact) mass is 355 g/mol. The van der Waals surface area contributed by atoms with Crippen LogP contribution in [0.15, 0.2) is 28.7 Å². The van der Waals surface area contributed by atoms with Crippen LogP contribution >= 0.6 is 15.9 Å². The number of rotatable bonds is 4.